The minimum atomic E-state index is -0.629. The summed E-state index contributed by atoms with van der Waals surface area (Å²) in [6.07, 6.45) is 1.25. The molecule has 1 aromatic heterocycles. The number of nitro groups is 1. The number of carbonyl (C=O) groups excluding carboxylic acids is 1. The maximum Gasteiger partial charge on any atom is 0.311 e. The highest BCUT2D eigenvalue weighted by Crippen LogP contribution is 2.30. The molecule has 0 aliphatic carbocycles. The van der Waals surface area contributed by atoms with E-state index < -0.39 is 23.0 Å². The van der Waals surface area contributed by atoms with Gasteiger partial charge in [-0.2, -0.15) is 9.78 Å². The van der Waals surface area contributed by atoms with Crippen LogP contribution in [-0.2, 0) is 4.79 Å². The number of hydrogen-bond acceptors (Lipinski definition) is 7. The first-order valence-electron chi connectivity index (χ1n) is 10.4. The molecule has 36 heavy (non-hydrogen) atoms. The first-order valence-corrected chi connectivity index (χ1v) is 11.6. The molecule has 1 amide bonds. The number of hydrogen-bond donors (Lipinski definition) is 1. The van der Waals surface area contributed by atoms with Gasteiger partial charge in [0.1, 0.15) is 5.82 Å². The lowest BCUT2D eigenvalue weighted by Gasteiger charge is -2.10. The standard InChI is InChI=1S/C24H17BrClN5O5/c1-14-28-20-10-5-16(25)11-19(20)24(33)30(14)27-12-15-3-2-4-21(31(34)35)23(15)36-13-22(32)29-18-8-6-17(26)7-9-18/h2-12H,13H2,1H3,(H,29,32). The van der Waals surface area contributed by atoms with Crippen LogP contribution in [0.1, 0.15) is 11.4 Å². The van der Waals surface area contributed by atoms with E-state index in [9.17, 15) is 19.7 Å². The molecule has 0 radical (unpaired) electrons. The Morgan fingerprint density at radius 2 is 2.00 bits per heavy atom. The van der Waals surface area contributed by atoms with Crippen LogP contribution in [0.3, 0.4) is 0 Å². The molecule has 0 aliphatic rings. The van der Waals surface area contributed by atoms with E-state index in [0.717, 1.165) is 4.68 Å². The lowest BCUT2D eigenvalue weighted by Crippen LogP contribution is -2.21. The minimum Gasteiger partial charge on any atom is -0.476 e. The Bertz CT molecular complexity index is 1570. The number of ether oxygens (including phenoxy) is 1. The summed E-state index contributed by atoms with van der Waals surface area (Å²) >= 11 is 9.18. The molecule has 0 spiro atoms. The summed E-state index contributed by atoms with van der Waals surface area (Å²) < 4.78 is 7.34. The molecule has 1 heterocycles. The first-order chi connectivity index (χ1) is 17.2. The molecular weight excluding hydrogens is 554 g/mol. The second-order valence-corrected chi connectivity index (χ2v) is 8.83. The van der Waals surface area contributed by atoms with Crippen LogP contribution in [0.4, 0.5) is 11.4 Å². The van der Waals surface area contributed by atoms with Gasteiger partial charge in [-0.1, -0.05) is 33.6 Å². The van der Waals surface area contributed by atoms with E-state index in [1.807, 2.05) is 0 Å². The third kappa shape index (κ3) is 5.58. The molecule has 0 aliphatic heterocycles. The number of fused-ring (bicyclic) bond motifs is 1. The molecule has 0 unspecified atom stereocenters. The van der Waals surface area contributed by atoms with Crippen LogP contribution in [0.2, 0.25) is 5.02 Å². The number of rotatable bonds is 7. The summed E-state index contributed by atoms with van der Waals surface area (Å²) in [5, 5.41) is 19.3. The van der Waals surface area contributed by atoms with Crippen molar-refractivity contribution in [2.45, 2.75) is 6.92 Å². The number of amides is 1. The largest absolute Gasteiger partial charge is 0.476 e. The summed E-state index contributed by atoms with van der Waals surface area (Å²) in [4.78, 5) is 40.7. The maximum absolute atomic E-state index is 13.0. The topological polar surface area (TPSA) is 129 Å². The van der Waals surface area contributed by atoms with E-state index in [-0.39, 0.29) is 17.0 Å². The van der Waals surface area contributed by atoms with E-state index >= 15 is 0 Å². The molecule has 1 N–H and O–H groups in total. The third-order valence-corrected chi connectivity index (χ3v) is 5.72. The van der Waals surface area contributed by atoms with Gasteiger partial charge in [0.25, 0.3) is 11.5 Å². The maximum atomic E-state index is 13.0. The van der Waals surface area contributed by atoms with Crippen LogP contribution >= 0.6 is 27.5 Å². The van der Waals surface area contributed by atoms with E-state index in [1.54, 1.807) is 49.4 Å². The van der Waals surface area contributed by atoms with Crippen LogP contribution in [0.25, 0.3) is 10.9 Å². The van der Waals surface area contributed by atoms with E-state index in [4.69, 9.17) is 16.3 Å². The predicted octanol–water partition coefficient (Wildman–Crippen LogP) is 4.93. The molecule has 0 saturated heterocycles. The number of anilines is 1. The van der Waals surface area contributed by atoms with Crippen LogP contribution in [0.15, 0.2) is 75.0 Å². The zero-order valence-electron chi connectivity index (χ0n) is 18.6. The minimum absolute atomic E-state index is 0.167. The highest BCUT2D eigenvalue weighted by molar-refractivity contribution is 9.10. The highest BCUT2D eigenvalue weighted by Gasteiger charge is 2.20. The monoisotopic (exact) mass is 569 g/mol. The lowest BCUT2D eigenvalue weighted by molar-refractivity contribution is -0.385. The SMILES string of the molecule is Cc1nc2ccc(Br)cc2c(=O)n1N=Cc1cccc([N+](=O)[O-])c1OCC(=O)Nc1ccc(Cl)cc1. The van der Waals surface area contributed by atoms with Crippen molar-refractivity contribution in [2.75, 3.05) is 11.9 Å². The Labute approximate surface area is 217 Å². The summed E-state index contributed by atoms with van der Waals surface area (Å²) in [7, 11) is 0. The Morgan fingerprint density at radius 1 is 1.25 bits per heavy atom. The Balaban J connectivity index is 1.63. The summed E-state index contributed by atoms with van der Waals surface area (Å²) in [5.41, 5.74) is 0.429. The normalized spacial score (nSPS) is 11.1. The van der Waals surface area contributed by atoms with Crippen molar-refractivity contribution in [1.82, 2.24) is 9.66 Å². The number of benzene rings is 3. The van der Waals surface area contributed by atoms with Crippen molar-refractivity contribution in [3.05, 3.63) is 102 Å². The first kappa shape index (κ1) is 25.0. The number of nitro benzene ring substituents is 1. The highest BCUT2D eigenvalue weighted by atomic mass is 79.9. The number of aromatic nitrogens is 2. The van der Waals surface area contributed by atoms with Crippen molar-refractivity contribution in [3.63, 3.8) is 0 Å². The van der Waals surface area contributed by atoms with Crippen LogP contribution in [0, 0.1) is 17.0 Å². The van der Waals surface area contributed by atoms with Gasteiger partial charge in [-0.05, 0) is 55.5 Å². The van der Waals surface area contributed by atoms with Gasteiger partial charge in [-0.3, -0.25) is 19.7 Å². The van der Waals surface area contributed by atoms with Gasteiger partial charge in [0.15, 0.2) is 6.61 Å². The fraction of sp³-hybridized carbons (Fsp3) is 0.0833. The number of carbonyl (C=O) groups is 1. The van der Waals surface area contributed by atoms with E-state index in [0.29, 0.717) is 31.9 Å². The van der Waals surface area contributed by atoms with E-state index in [1.165, 1.54) is 24.4 Å². The molecule has 4 aromatic rings. The Hall–Kier alpha value is -4.09. The third-order valence-electron chi connectivity index (χ3n) is 4.98. The van der Waals surface area contributed by atoms with Gasteiger partial charge >= 0.3 is 5.69 Å². The molecule has 0 saturated carbocycles. The van der Waals surface area contributed by atoms with Crippen molar-refractivity contribution >= 4 is 61.9 Å². The van der Waals surface area contributed by atoms with Gasteiger partial charge in [0.2, 0.25) is 5.75 Å². The van der Waals surface area contributed by atoms with Gasteiger partial charge in [0.05, 0.1) is 22.0 Å². The van der Waals surface area contributed by atoms with E-state index in [2.05, 4.69) is 31.3 Å². The molecule has 4 rings (SSSR count). The number of nitrogens with one attached hydrogen (secondary N) is 1. The lowest BCUT2D eigenvalue weighted by atomic mass is 10.2. The quantitative estimate of drug-likeness (QED) is 0.191. The molecule has 12 heteroatoms. The average molecular weight is 571 g/mol. The second kappa shape index (κ2) is 10.7. The van der Waals surface area contributed by atoms with Crippen molar-refractivity contribution < 1.29 is 14.5 Å². The van der Waals surface area contributed by atoms with Crippen LogP contribution in [-0.4, -0.2) is 33.3 Å². The zero-order chi connectivity index (χ0) is 25.8. The van der Waals surface area contributed by atoms with Crippen molar-refractivity contribution in [1.29, 1.82) is 0 Å². The molecule has 0 bridgehead atoms. The zero-order valence-corrected chi connectivity index (χ0v) is 21.0. The summed E-state index contributed by atoms with van der Waals surface area (Å²) in [5.74, 6) is -0.379. The van der Waals surface area contributed by atoms with Crippen molar-refractivity contribution in [3.8, 4) is 5.75 Å². The average Bonchev–Trinajstić information content (AvgIpc) is 2.84. The van der Waals surface area contributed by atoms with Gasteiger partial charge in [-0.15, -0.1) is 0 Å². The Morgan fingerprint density at radius 3 is 2.72 bits per heavy atom. The molecule has 0 atom stereocenters. The predicted molar refractivity (Wildman–Crippen MR) is 140 cm³/mol. The number of halogens is 2. The van der Waals surface area contributed by atoms with Gasteiger partial charge in [-0.25, -0.2) is 4.98 Å². The Kier molecular flexibility index (Phi) is 7.41. The van der Waals surface area contributed by atoms with Gasteiger partial charge < -0.3 is 10.1 Å². The molecule has 182 valence electrons. The smallest absolute Gasteiger partial charge is 0.311 e. The molecular formula is C24H17BrClN5O5. The number of aryl methyl sites for hydroxylation is 1. The number of para-hydroxylation sites is 1. The molecule has 3 aromatic carbocycles. The fourth-order valence-electron chi connectivity index (χ4n) is 3.33. The van der Waals surface area contributed by atoms with Crippen LogP contribution < -0.4 is 15.6 Å². The van der Waals surface area contributed by atoms with Crippen molar-refractivity contribution in [2.24, 2.45) is 5.10 Å². The summed E-state index contributed by atoms with van der Waals surface area (Å²) in [6.45, 7) is 1.12. The van der Waals surface area contributed by atoms with Crippen LogP contribution in [0.5, 0.6) is 5.75 Å². The van der Waals surface area contributed by atoms with Gasteiger partial charge in [0, 0.05) is 26.8 Å². The molecule has 0 fully saturated rings. The fourth-order valence-corrected chi connectivity index (χ4v) is 3.82. The second-order valence-electron chi connectivity index (χ2n) is 7.48. The summed E-state index contributed by atoms with van der Waals surface area (Å²) in [6, 6.07) is 15.8. The molecule has 10 nitrogen and oxygen atoms in total. The number of nitrogens with zero attached hydrogens (tertiary/aromatic N) is 4.